The van der Waals surface area contributed by atoms with E-state index in [0.717, 1.165) is 5.56 Å². The zero-order valence-corrected chi connectivity index (χ0v) is 9.50. The molecule has 0 atom stereocenters. The number of rotatable bonds is 3. The second-order valence-corrected chi connectivity index (χ2v) is 3.46. The summed E-state index contributed by atoms with van der Waals surface area (Å²) in [6, 6.07) is 6.71. The van der Waals surface area contributed by atoms with Crippen molar-refractivity contribution in [2.24, 2.45) is 10.8 Å². The van der Waals surface area contributed by atoms with Crippen molar-refractivity contribution in [3.8, 4) is 0 Å². The lowest BCUT2D eigenvalue weighted by Crippen LogP contribution is -2.24. The number of carbonyl (C=O) groups excluding carboxylic acids is 1. The minimum atomic E-state index is -0.331. The van der Waals surface area contributed by atoms with Crippen molar-refractivity contribution in [3.05, 3.63) is 60.2 Å². The number of hydrogen-bond donors (Lipinski definition) is 2. The third-order valence-corrected chi connectivity index (χ3v) is 2.23. The fourth-order valence-electron chi connectivity index (χ4n) is 1.30. The SMILES string of the molecule is NC(=NNC(=O)c1ccncc1)c1cc[nH+]cc1. The summed E-state index contributed by atoms with van der Waals surface area (Å²) in [5, 5.41) is 3.83. The van der Waals surface area contributed by atoms with Crippen molar-refractivity contribution in [1.82, 2.24) is 10.4 Å². The molecular weight excluding hydrogens is 230 g/mol. The average Bonchev–Trinajstić information content (AvgIpc) is 2.46. The van der Waals surface area contributed by atoms with Crippen LogP contribution in [0.1, 0.15) is 15.9 Å². The molecule has 0 fully saturated rings. The van der Waals surface area contributed by atoms with E-state index in [2.05, 4.69) is 20.5 Å². The zero-order chi connectivity index (χ0) is 12.8. The van der Waals surface area contributed by atoms with Crippen molar-refractivity contribution in [3.63, 3.8) is 0 Å². The Hall–Kier alpha value is -2.76. The van der Waals surface area contributed by atoms with Gasteiger partial charge >= 0.3 is 0 Å². The second kappa shape index (κ2) is 5.53. The summed E-state index contributed by atoms with van der Waals surface area (Å²) in [5.41, 5.74) is 9.31. The Kier molecular flexibility index (Phi) is 3.60. The molecule has 1 amide bonds. The van der Waals surface area contributed by atoms with E-state index in [1.54, 1.807) is 36.7 Å². The summed E-state index contributed by atoms with van der Waals surface area (Å²) < 4.78 is 0. The highest BCUT2D eigenvalue weighted by molar-refractivity contribution is 5.99. The van der Waals surface area contributed by atoms with Crippen molar-refractivity contribution in [2.45, 2.75) is 0 Å². The van der Waals surface area contributed by atoms with Gasteiger partial charge in [0.2, 0.25) is 0 Å². The number of nitrogens with zero attached hydrogens (tertiary/aromatic N) is 2. The number of amidine groups is 1. The molecule has 0 bridgehead atoms. The van der Waals surface area contributed by atoms with Crippen LogP contribution in [0.25, 0.3) is 0 Å². The summed E-state index contributed by atoms with van der Waals surface area (Å²) in [6.45, 7) is 0. The molecule has 0 saturated carbocycles. The van der Waals surface area contributed by atoms with Crippen LogP contribution in [0.5, 0.6) is 0 Å². The predicted octanol–water partition coefficient (Wildman–Crippen LogP) is -0.0540. The van der Waals surface area contributed by atoms with Crippen LogP contribution >= 0.6 is 0 Å². The van der Waals surface area contributed by atoms with Gasteiger partial charge in [-0.3, -0.25) is 9.78 Å². The number of pyridine rings is 2. The summed E-state index contributed by atoms with van der Waals surface area (Å²) >= 11 is 0. The first-order valence-corrected chi connectivity index (χ1v) is 5.27. The molecule has 18 heavy (non-hydrogen) atoms. The van der Waals surface area contributed by atoms with E-state index in [4.69, 9.17) is 5.73 Å². The van der Waals surface area contributed by atoms with Gasteiger partial charge in [0, 0.05) is 35.7 Å². The van der Waals surface area contributed by atoms with E-state index in [1.807, 2.05) is 0 Å². The Bertz CT molecular complexity index is 553. The molecule has 0 aliphatic rings. The zero-order valence-electron chi connectivity index (χ0n) is 9.50. The van der Waals surface area contributed by atoms with Crippen molar-refractivity contribution in [1.29, 1.82) is 0 Å². The number of H-pyrrole nitrogens is 1. The van der Waals surface area contributed by atoms with Crippen LogP contribution in [0, 0.1) is 0 Å². The van der Waals surface area contributed by atoms with Gasteiger partial charge in [0.25, 0.3) is 5.91 Å². The summed E-state index contributed by atoms with van der Waals surface area (Å²) in [5.74, 6) is -0.0887. The monoisotopic (exact) mass is 242 g/mol. The molecule has 0 aliphatic carbocycles. The topological polar surface area (TPSA) is 94.5 Å². The molecule has 4 N–H and O–H groups in total. The maximum absolute atomic E-state index is 11.7. The smallest absolute Gasteiger partial charge is 0.271 e. The van der Waals surface area contributed by atoms with E-state index in [-0.39, 0.29) is 11.7 Å². The van der Waals surface area contributed by atoms with E-state index in [9.17, 15) is 4.79 Å². The Labute approximate surface area is 104 Å². The lowest BCUT2D eigenvalue weighted by molar-refractivity contribution is -0.378. The molecule has 0 saturated heterocycles. The predicted molar refractivity (Wildman–Crippen MR) is 65.4 cm³/mol. The molecule has 0 radical (unpaired) electrons. The molecule has 0 aliphatic heterocycles. The first-order chi connectivity index (χ1) is 8.77. The van der Waals surface area contributed by atoms with Gasteiger partial charge in [-0.25, -0.2) is 10.4 Å². The molecule has 2 heterocycles. The second-order valence-electron chi connectivity index (χ2n) is 3.46. The van der Waals surface area contributed by atoms with Crippen LogP contribution in [0.2, 0.25) is 0 Å². The number of hydrazone groups is 1. The molecule has 0 unspecified atom stereocenters. The van der Waals surface area contributed by atoms with Crippen LogP contribution in [0.3, 0.4) is 0 Å². The Balaban J connectivity index is 2.05. The Morgan fingerprint density at radius 1 is 1.17 bits per heavy atom. The number of amides is 1. The molecular formula is C12H12N5O+. The molecule has 6 nitrogen and oxygen atoms in total. The van der Waals surface area contributed by atoms with Crippen LogP contribution in [0.15, 0.2) is 54.2 Å². The van der Waals surface area contributed by atoms with E-state index in [0.29, 0.717) is 5.56 Å². The van der Waals surface area contributed by atoms with Crippen molar-refractivity contribution < 1.29 is 9.78 Å². The van der Waals surface area contributed by atoms with Crippen LogP contribution in [-0.2, 0) is 0 Å². The lowest BCUT2D eigenvalue weighted by atomic mass is 10.2. The minimum Gasteiger partial charge on any atom is -0.382 e. The van der Waals surface area contributed by atoms with Gasteiger partial charge in [-0.15, -0.1) is 0 Å². The maximum Gasteiger partial charge on any atom is 0.271 e. The van der Waals surface area contributed by atoms with Gasteiger partial charge in [0.05, 0.1) is 0 Å². The number of nitrogens with two attached hydrogens (primary N) is 1. The number of aromatic nitrogens is 2. The van der Waals surface area contributed by atoms with Crippen LogP contribution in [-0.4, -0.2) is 16.7 Å². The summed E-state index contributed by atoms with van der Waals surface area (Å²) in [4.78, 5) is 18.4. The van der Waals surface area contributed by atoms with Gasteiger partial charge in [0.15, 0.2) is 18.2 Å². The molecule has 0 spiro atoms. The van der Waals surface area contributed by atoms with Gasteiger partial charge in [0.1, 0.15) is 0 Å². The van der Waals surface area contributed by atoms with E-state index in [1.165, 1.54) is 12.4 Å². The Morgan fingerprint density at radius 3 is 2.50 bits per heavy atom. The number of aromatic amines is 1. The van der Waals surface area contributed by atoms with Gasteiger partial charge in [-0.2, -0.15) is 5.10 Å². The van der Waals surface area contributed by atoms with Crippen molar-refractivity contribution in [2.75, 3.05) is 0 Å². The molecule has 2 aromatic heterocycles. The highest BCUT2D eigenvalue weighted by Crippen LogP contribution is 1.96. The third kappa shape index (κ3) is 2.88. The quantitative estimate of drug-likeness (QED) is 0.448. The first kappa shape index (κ1) is 11.7. The first-order valence-electron chi connectivity index (χ1n) is 5.27. The normalized spacial score (nSPS) is 11.0. The molecule has 90 valence electrons. The maximum atomic E-state index is 11.7. The molecule has 2 rings (SSSR count). The summed E-state index contributed by atoms with van der Waals surface area (Å²) in [7, 11) is 0. The van der Waals surface area contributed by atoms with E-state index >= 15 is 0 Å². The highest BCUT2D eigenvalue weighted by Gasteiger charge is 2.04. The van der Waals surface area contributed by atoms with Crippen LogP contribution < -0.4 is 16.1 Å². The van der Waals surface area contributed by atoms with Gasteiger partial charge < -0.3 is 5.73 Å². The standard InChI is InChI=1S/C12H11N5O/c13-11(9-1-5-14-6-2-9)16-17-12(18)10-3-7-15-8-4-10/h1-8H,(H2,13,16)(H,17,18)/p+1. The van der Waals surface area contributed by atoms with Gasteiger partial charge in [-0.1, -0.05) is 0 Å². The molecule has 6 heteroatoms. The average molecular weight is 242 g/mol. The largest absolute Gasteiger partial charge is 0.382 e. The number of nitrogens with one attached hydrogen (secondary N) is 2. The number of hydrogen-bond acceptors (Lipinski definition) is 3. The molecule has 2 aromatic rings. The minimum absolute atomic E-state index is 0.242. The summed E-state index contributed by atoms with van der Waals surface area (Å²) in [6.07, 6.45) is 6.52. The number of carbonyl (C=O) groups is 1. The van der Waals surface area contributed by atoms with Crippen molar-refractivity contribution >= 4 is 11.7 Å². The Morgan fingerprint density at radius 2 is 1.83 bits per heavy atom. The van der Waals surface area contributed by atoms with Crippen LogP contribution in [0.4, 0.5) is 0 Å². The fraction of sp³-hybridized carbons (Fsp3) is 0. The fourth-order valence-corrected chi connectivity index (χ4v) is 1.30. The highest BCUT2D eigenvalue weighted by atomic mass is 16.2. The third-order valence-electron chi connectivity index (χ3n) is 2.23. The van der Waals surface area contributed by atoms with Gasteiger partial charge in [-0.05, 0) is 12.1 Å². The lowest BCUT2D eigenvalue weighted by Gasteiger charge is -2.01. The van der Waals surface area contributed by atoms with E-state index < -0.39 is 0 Å². The molecule has 0 aromatic carbocycles.